The van der Waals surface area contributed by atoms with Crippen molar-refractivity contribution in [2.45, 2.75) is 46.2 Å². The molecule has 2 saturated carbocycles. The average molecular weight is 517 g/mol. The summed E-state index contributed by atoms with van der Waals surface area (Å²) in [5.41, 5.74) is -0.354. The third-order valence-electron chi connectivity index (χ3n) is 8.31. The minimum Gasteiger partial charge on any atom is -0.467 e. The van der Waals surface area contributed by atoms with Crippen molar-refractivity contribution in [3.63, 3.8) is 0 Å². The molecule has 36 heavy (non-hydrogen) atoms. The van der Waals surface area contributed by atoms with Gasteiger partial charge in [0.15, 0.2) is 0 Å². The second-order valence-corrected chi connectivity index (χ2v) is 12.5. The summed E-state index contributed by atoms with van der Waals surface area (Å²) in [6.45, 7) is 4.43. The number of carbonyl (C=O) groups is 2. The molecule has 2 aromatic rings. The Morgan fingerprint density at radius 1 is 1.14 bits per heavy atom. The first-order chi connectivity index (χ1) is 17.1. The number of hydrogen-bond donors (Lipinski definition) is 0. The molecule has 4 rings (SSSR count). The molecule has 1 heterocycles. The molecule has 0 saturated heterocycles. The first kappa shape index (κ1) is 26.6. The van der Waals surface area contributed by atoms with Gasteiger partial charge in [0.2, 0.25) is 15.9 Å². The highest BCUT2D eigenvalue weighted by atomic mass is 32.2. The summed E-state index contributed by atoms with van der Waals surface area (Å²) >= 11 is 0. The molecule has 2 fully saturated rings. The minimum atomic E-state index is -3.93. The monoisotopic (exact) mass is 516 g/mol. The van der Waals surface area contributed by atoms with Crippen molar-refractivity contribution < 1.29 is 27.2 Å². The van der Waals surface area contributed by atoms with Gasteiger partial charge in [0.25, 0.3) is 0 Å². The Morgan fingerprint density at radius 3 is 2.47 bits per heavy atom. The number of ketones is 1. The third-order valence-corrected chi connectivity index (χ3v) is 10.3. The Bertz CT molecular complexity index is 1160. The van der Waals surface area contributed by atoms with Gasteiger partial charge in [0.05, 0.1) is 31.7 Å². The van der Waals surface area contributed by atoms with E-state index in [1.165, 1.54) is 11.4 Å². The third kappa shape index (κ3) is 5.14. The zero-order valence-electron chi connectivity index (χ0n) is 21.3. The van der Waals surface area contributed by atoms with Gasteiger partial charge in [-0.3, -0.25) is 9.59 Å². The summed E-state index contributed by atoms with van der Waals surface area (Å²) in [6, 6.07) is 13.1. The number of Topliss-reactive ketones (excluding diaryl/α,β-unsaturated/α-hetero) is 1. The lowest BCUT2D eigenvalue weighted by Crippen LogP contribution is -2.49. The van der Waals surface area contributed by atoms with E-state index in [0.29, 0.717) is 25.1 Å². The van der Waals surface area contributed by atoms with Gasteiger partial charge >= 0.3 is 0 Å². The number of rotatable bonds is 12. The Hall–Kier alpha value is -2.49. The SMILES string of the molecule is COCCN(CC(=O)N(Cc1ccccc1)Cc1ccco1)S(=O)(=O)CC12CCC(CC1=O)C2(C)C. The van der Waals surface area contributed by atoms with Crippen molar-refractivity contribution in [1.82, 2.24) is 9.21 Å². The van der Waals surface area contributed by atoms with E-state index < -0.39 is 15.4 Å². The minimum absolute atomic E-state index is 0.0360. The highest BCUT2D eigenvalue weighted by molar-refractivity contribution is 7.89. The number of carbonyl (C=O) groups excluding carboxylic acids is 2. The molecule has 1 amide bonds. The fourth-order valence-electron chi connectivity index (χ4n) is 5.90. The van der Waals surface area contributed by atoms with Crippen LogP contribution in [-0.2, 0) is 37.4 Å². The van der Waals surface area contributed by atoms with Crippen LogP contribution in [0.25, 0.3) is 0 Å². The maximum atomic E-state index is 13.8. The number of fused-ring (bicyclic) bond motifs is 2. The number of benzene rings is 1. The lowest BCUT2D eigenvalue weighted by molar-refractivity contribution is -0.133. The fraction of sp³-hybridized carbons (Fsp3) is 0.556. The molecule has 2 bridgehead atoms. The second kappa shape index (κ2) is 10.5. The molecule has 1 aromatic heterocycles. The molecule has 1 aromatic carbocycles. The number of hydrogen-bond acceptors (Lipinski definition) is 6. The number of nitrogens with zero attached hydrogens (tertiary/aromatic N) is 2. The van der Waals surface area contributed by atoms with E-state index in [-0.39, 0.29) is 55.0 Å². The van der Waals surface area contributed by atoms with Gasteiger partial charge in [-0.05, 0) is 41.9 Å². The quantitative estimate of drug-likeness (QED) is 0.429. The van der Waals surface area contributed by atoms with Gasteiger partial charge in [0, 0.05) is 32.0 Å². The summed E-state index contributed by atoms with van der Waals surface area (Å²) in [5, 5.41) is 0. The molecule has 2 atom stereocenters. The van der Waals surface area contributed by atoms with Crippen LogP contribution in [0.15, 0.2) is 53.1 Å². The fourth-order valence-corrected chi connectivity index (χ4v) is 8.04. The predicted molar refractivity (Wildman–Crippen MR) is 135 cm³/mol. The van der Waals surface area contributed by atoms with Crippen molar-refractivity contribution in [3.05, 3.63) is 60.1 Å². The van der Waals surface area contributed by atoms with Crippen LogP contribution < -0.4 is 0 Å². The van der Waals surface area contributed by atoms with Gasteiger partial charge in [-0.2, -0.15) is 4.31 Å². The molecule has 196 valence electrons. The maximum absolute atomic E-state index is 13.8. The molecule has 8 nitrogen and oxygen atoms in total. The number of sulfonamides is 1. The van der Waals surface area contributed by atoms with Crippen molar-refractivity contribution in [3.8, 4) is 0 Å². The molecule has 2 aliphatic rings. The summed E-state index contributed by atoms with van der Waals surface area (Å²) in [5.74, 6) is 0.252. The standard InChI is InChI=1S/C27H36N2O6S/c1-26(2)22-11-12-27(26,24(30)16-22)20-36(32,33)29(13-15-34-3)19-25(31)28(18-23-10-7-14-35-23)17-21-8-5-4-6-9-21/h4-10,14,22H,11-13,15-20H2,1-3H3. The number of methoxy groups -OCH3 is 1. The van der Waals surface area contributed by atoms with Crippen molar-refractivity contribution in [2.75, 3.05) is 32.6 Å². The average Bonchev–Trinajstić information content (AvgIpc) is 3.48. The van der Waals surface area contributed by atoms with Crippen LogP contribution in [0.3, 0.4) is 0 Å². The molecule has 0 radical (unpaired) electrons. The van der Waals surface area contributed by atoms with E-state index in [4.69, 9.17) is 9.15 Å². The van der Waals surface area contributed by atoms with Crippen LogP contribution in [0.5, 0.6) is 0 Å². The van der Waals surface area contributed by atoms with E-state index in [1.54, 1.807) is 23.3 Å². The van der Waals surface area contributed by atoms with Crippen LogP contribution in [0, 0.1) is 16.7 Å². The Kier molecular flexibility index (Phi) is 7.73. The smallest absolute Gasteiger partial charge is 0.238 e. The van der Waals surface area contributed by atoms with E-state index in [2.05, 4.69) is 0 Å². The summed E-state index contributed by atoms with van der Waals surface area (Å²) in [4.78, 5) is 28.2. The largest absolute Gasteiger partial charge is 0.467 e. The Balaban J connectivity index is 1.56. The molecule has 0 spiro atoms. The Morgan fingerprint density at radius 2 is 1.89 bits per heavy atom. The number of amides is 1. The van der Waals surface area contributed by atoms with Crippen molar-refractivity contribution >= 4 is 21.7 Å². The molecule has 2 aliphatic carbocycles. The van der Waals surface area contributed by atoms with Gasteiger partial charge < -0.3 is 14.1 Å². The first-order valence-electron chi connectivity index (χ1n) is 12.4. The van der Waals surface area contributed by atoms with E-state index in [0.717, 1.165) is 12.0 Å². The van der Waals surface area contributed by atoms with Gasteiger partial charge in [-0.1, -0.05) is 44.2 Å². The topological polar surface area (TPSA) is 97.1 Å². The van der Waals surface area contributed by atoms with Crippen molar-refractivity contribution in [2.24, 2.45) is 16.7 Å². The molecular formula is C27H36N2O6S. The van der Waals surface area contributed by atoms with Crippen LogP contribution in [0.2, 0.25) is 0 Å². The van der Waals surface area contributed by atoms with Crippen LogP contribution >= 0.6 is 0 Å². The van der Waals surface area contributed by atoms with Crippen molar-refractivity contribution in [1.29, 1.82) is 0 Å². The summed E-state index contributed by atoms with van der Waals surface area (Å²) in [7, 11) is -2.43. The first-order valence-corrected chi connectivity index (χ1v) is 14.0. The van der Waals surface area contributed by atoms with Crippen LogP contribution in [0.4, 0.5) is 0 Å². The van der Waals surface area contributed by atoms with Crippen LogP contribution in [-0.4, -0.2) is 61.9 Å². The summed E-state index contributed by atoms with van der Waals surface area (Å²) in [6.07, 6.45) is 3.42. The lowest BCUT2D eigenvalue weighted by atomic mass is 9.70. The van der Waals surface area contributed by atoms with E-state index in [9.17, 15) is 18.0 Å². The van der Waals surface area contributed by atoms with E-state index in [1.807, 2.05) is 44.2 Å². The highest BCUT2D eigenvalue weighted by Gasteiger charge is 2.65. The lowest BCUT2D eigenvalue weighted by Gasteiger charge is -2.37. The molecule has 0 aliphatic heterocycles. The summed E-state index contributed by atoms with van der Waals surface area (Å²) < 4.78 is 39.4. The molecular weight excluding hydrogens is 480 g/mol. The van der Waals surface area contributed by atoms with Gasteiger partial charge in [-0.15, -0.1) is 0 Å². The molecule has 2 unspecified atom stereocenters. The van der Waals surface area contributed by atoms with Gasteiger partial charge in [0.1, 0.15) is 11.5 Å². The zero-order valence-corrected chi connectivity index (χ0v) is 22.1. The molecule has 9 heteroatoms. The van der Waals surface area contributed by atoms with Crippen LogP contribution in [0.1, 0.15) is 44.4 Å². The Labute approximate surface area is 213 Å². The number of ether oxygens (including phenoxy) is 1. The second-order valence-electron chi connectivity index (χ2n) is 10.6. The maximum Gasteiger partial charge on any atom is 0.238 e. The molecule has 0 N–H and O–H groups in total. The normalized spacial score (nSPS) is 22.9. The van der Waals surface area contributed by atoms with E-state index >= 15 is 0 Å². The predicted octanol–water partition coefficient (Wildman–Crippen LogP) is 3.48. The van der Waals surface area contributed by atoms with Gasteiger partial charge in [-0.25, -0.2) is 8.42 Å². The highest BCUT2D eigenvalue weighted by Crippen LogP contribution is 2.64. The zero-order chi connectivity index (χ0) is 26.0. The number of furan rings is 1.